The van der Waals surface area contributed by atoms with Crippen LogP contribution in [-0.4, -0.2) is 42.7 Å². The van der Waals surface area contributed by atoms with Crippen LogP contribution in [0.25, 0.3) is 0 Å². The molecule has 0 aliphatic carbocycles. The molecule has 0 atom stereocenters. The first-order chi connectivity index (χ1) is 9.90. The number of hydrogen-bond acceptors (Lipinski definition) is 4. The maximum atomic E-state index is 4.09. The molecule has 1 aromatic heterocycles. The summed E-state index contributed by atoms with van der Waals surface area (Å²) in [6.07, 6.45) is 12.5. The highest BCUT2D eigenvalue weighted by molar-refractivity contribution is 7.98. The first-order valence-corrected chi connectivity index (χ1v) is 9.17. The number of aromatic nitrogens is 1. The van der Waals surface area contributed by atoms with Crippen LogP contribution in [0.15, 0.2) is 24.5 Å². The number of nitrogens with one attached hydrogen (secondary N) is 1. The normalized spacial score (nSPS) is 16.6. The molecule has 0 amide bonds. The number of piperidine rings is 1. The van der Waals surface area contributed by atoms with Crippen molar-refractivity contribution >= 4 is 17.4 Å². The van der Waals surface area contributed by atoms with E-state index in [9.17, 15) is 0 Å². The van der Waals surface area contributed by atoms with Gasteiger partial charge < -0.3 is 10.2 Å². The molecule has 112 valence electrons. The summed E-state index contributed by atoms with van der Waals surface area (Å²) < 4.78 is 0. The van der Waals surface area contributed by atoms with Crippen LogP contribution in [-0.2, 0) is 0 Å². The second kappa shape index (κ2) is 9.24. The van der Waals surface area contributed by atoms with Gasteiger partial charge in [-0.15, -0.1) is 0 Å². The molecule has 4 heteroatoms. The van der Waals surface area contributed by atoms with Gasteiger partial charge in [0.1, 0.15) is 0 Å². The molecule has 2 heterocycles. The Kier molecular flexibility index (Phi) is 7.23. The van der Waals surface area contributed by atoms with Gasteiger partial charge in [-0.05, 0) is 56.4 Å². The highest BCUT2D eigenvalue weighted by Gasteiger charge is 2.18. The van der Waals surface area contributed by atoms with Gasteiger partial charge in [0.05, 0.1) is 0 Å². The Morgan fingerprint density at radius 1 is 1.20 bits per heavy atom. The van der Waals surface area contributed by atoms with Gasteiger partial charge in [-0.3, -0.25) is 4.98 Å². The fraction of sp³-hybridized carbons (Fsp3) is 0.688. The zero-order chi connectivity index (χ0) is 14.0. The molecule has 2 rings (SSSR count). The second-order valence-corrected chi connectivity index (χ2v) is 6.46. The number of anilines is 1. The smallest absolute Gasteiger partial charge is 0.0397 e. The molecular formula is C16H27N3S. The quantitative estimate of drug-likeness (QED) is 0.745. The number of thioether (sulfide) groups is 1. The molecule has 0 bridgehead atoms. The van der Waals surface area contributed by atoms with Crippen LogP contribution in [0.5, 0.6) is 0 Å². The minimum atomic E-state index is 0.716. The number of unbranched alkanes of at least 4 members (excludes halogenated alkanes) is 2. The second-order valence-electron chi connectivity index (χ2n) is 5.47. The lowest BCUT2D eigenvalue weighted by molar-refractivity contribution is 0.410. The Bertz CT molecular complexity index is 350. The predicted octanol–water partition coefficient (Wildman–Crippen LogP) is 3.17. The largest absolute Gasteiger partial charge is 0.371 e. The average molecular weight is 293 g/mol. The third-order valence-electron chi connectivity index (χ3n) is 3.98. The number of hydrogen-bond donors (Lipinski definition) is 1. The van der Waals surface area contributed by atoms with Crippen molar-refractivity contribution in [2.75, 3.05) is 36.5 Å². The van der Waals surface area contributed by atoms with Gasteiger partial charge in [-0.1, -0.05) is 6.42 Å². The predicted molar refractivity (Wildman–Crippen MR) is 89.7 cm³/mol. The van der Waals surface area contributed by atoms with Crippen LogP contribution in [0, 0.1) is 0 Å². The van der Waals surface area contributed by atoms with Crippen LogP contribution in [0.4, 0.5) is 5.69 Å². The van der Waals surface area contributed by atoms with Gasteiger partial charge in [0.15, 0.2) is 0 Å². The van der Waals surface area contributed by atoms with E-state index in [2.05, 4.69) is 33.6 Å². The van der Waals surface area contributed by atoms with Gasteiger partial charge in [0.2, 0.25) is 0 Å². The molecule has 1 aliphatic heterocycles. The minimum Gasteiger partial charge on any atom is -0.371 e. The SMILES string of the molecule is CSCCCCCNC1CCN(c2ccncc2)CC1. The van der Waals surface area contributed by atoms with E-state index >= 15 is 0 Å². The zero-order valence-electron chi connectivity index (χ0n) is 12.6. The molecule has 1 saturated heterocycles. The minimum absolute atomic E-state index is 0.716. The first kappa shape index (κ1) is 15.6. The fourth-order valence-electron chi connectivity index (χ4n) is 2.75. The molecule has 3 nitrogen and oxygen atoms in total. The molecule has 1 aliphatic rings. The maximum Gasteiger partial charge on any atom is 0.0397 e. The molecule has 1 aromatic rings. The number of rotatable bonds is 8. The van der Waals surface area contributed by atoms with Crippen molar-refractivity contribution in [3.05, 3.63) is 24.5 Å². The highest BCUT2D eigenvalue weighted by Crippen LogP contribution is 2.18. The lowest BCUT2D eigenvalue weighted by Gasteiger charge is -2.34. The summed E-state index contributed by atoms with van der Waals surface area (Å²) in [4.78, 5) is 6.56. The maximum absolute atomic E-state index is 4.09. The van der Waals surface area contributed by atoms with Gasteiger partial charge >= 0.3 is 0 Å². The van der Waals surface area contributed by atoms with E-state index < -0.39 is 0 Å². The molecule has 1 fully saturated rings. The summed E-state index contributed by atoms with van der Waals surface area (Å²) in [6, 6.07) is 4.94. The monoisotopic (exact) mass is 293 g/mol. The summed E-state index contributed by atoms with van der Waals surface area (Å²) in [5, 5.41) is 3.72. The number of pyridine rings is 1. The summed E-state index contributed by atoms with van der Waals surface area (Å²) in [7, 11) is 0. The van der Waals surface area contributed by atoms with Gasteiger partial charge in [-0.25, -0.2) is 0 Å². The van der Waals surface area contributed by atoms with Crippen LogP contribution in [0.1, 0.15) is 32.1 Å². The summed E-state index contributed by atoms with van der Waals surface area (Å²) >= 11 is 1.96. The van der Waals surface area contributed by atoms with Crippen molar-refractivity contribution in [2.24, 2.45) is 0 Å². The van der Waals surface area contributed by atoms with E-state index in [1.54, 1.807) is 0 Å². The van der Waals surface area contributed by atoms with Crippen LogP contribution < -0.4 is 10.2 Å². The van der Waals surface area contributed by atoms with E-state index in [0.29, 0.717) is 6.04 Å². The fourth-order valence-corrected chi connectivity index (χ4v) is 3.24. The van der Waals surface area contributed by atoms with Crippen molar-refractivity contribution in [1.82, 2.24) is 10.3 Å². The van der Waals surface area contributed by atoms with E-state index in [0.717, 1.165) is 13.1 Å². The molecule has 0 unspecified atom stereocenters. The van der Waals surface area contributed by atoms with E-state index in [4.69, 9.17) is 0 Å². The Balaban J connectivity index is 1.58. The standard InChI is InChI=1S/C16H27N3S/c1-20-14-4-2-3-9-18-15-7-12-19(13-8-15)16-5-10-17-11-6-16/h5-6,10-11,15,18H,2-4,7-9,12-14H2,1H3. The highest BCUT2D eigenvalue weighted by atomic mass is 32.2. The molecule has 0 saturated carbocycles. The molecular weight excluding hydrogens is 266 g/mol. The Labute approximate surface area is 127 Å². The van der Waals surface area contributed by atoms with E-state index in [1.807, 2.05) is 24.2 Å². The van der Waals surface area contributed by atoms with Crippen molar-refractivity contribution < 1.29 is 0 Å². The topological polar surface area (TPSA) is 28.2 Å². The third-order valence-corrected chi connectivity index (χ3v) is 4.68. The van der Waals surface area contributed by atoms with Crippen molar-refractivity contribution in [3.8, 4) is 0 Å². The Morgan fingerprint density at radius 3 is 2.65 bits per heavy atom. The van der Waals surface area contributed by atoms with E-state index in [1.165, 1.54) is 50.1 Å². The lowest BCUT2D eigenvalue weighted by Crippen LogP contribution is -2.42. The molecule has 0 aromatic carbocycles. The first-order valence-electron chi connectivity index (χ1n) is 7.77. The Hall–Kier alpha value is -0.740. The average Bonchev–Trinajstić information content (AvgIpc) is 2.52. The third kappa shape index (κ3) is 5.33. The van der Waals surface area contributed by atoms with E-state index in [-0.39, 0.29) is 0 Å². The van der Waals surface area contributed by atoms with Crippen molar-refractivity contribution in [2.45, 2.75) is 38.1 Å². The lowest BCUT2D eigenvalue weighted by atomic mass is 10.0. The van der Waals surface area contributed by atoms with Gasteiger partial charge in [0.25, 0.3) is 0 Å². The molecule has 0 spiro atoms. The zero-order valence-corrected chi connectivity index (χ0v) is 13.4. The van der Waals surface area contributed by atoms with Crippen LogP contribution >= 0.6 is 11.8 Å². The van der Waals surface area contributed by atoms with Crippen LogP contribution in [0.2, 0.25) is 0 Å². The van der Waals surface area contributed by atoms with Crippen molar-refractivity contribution in [3.63, 3.8) is 0 Å². The Morgan fingerprint density at radius 2 is 1.95 bits per heavy atom. The number of nitrogens with zero attached hydrogens (tertiary/aromatic N) is 2. The summed E-state index contributed by atoms with van der Waals surface area (Å²) in [5.41, 5.74) is 1.32. The van der Waals surface area contributed by atoms with Crippen LogP contribution in [0.3, 0.4) is 0 Å². The summed E-state index contributed by atoms with van der Waals surface area (Å²) in [6.45, 7) is 3.51. The summed E-state index contributed by atoms with van der Waals surface area (Å²) in [5.74, 6) is 1.31. The van der Waals surface area contributed by atoms with Crippen molar-refractivity contribution in [1.29, 1.82) is 0 Å². The van der Waals surface area contributed by atoms with Gasteiger partial charge in [0, 0.05) is 37.2 Å². The molecule has 1 N–H and O–H groups in total. The molecule has 20 heavy (non-hydrogen) atoms. The van der Waals surface area contributed by atoms with Gasteiger partial charge in [-0.2, -0.15) is 11.8 Å². The molecule has 0 radical (unpaired) electrons.